The smallest absolute Gasteiger partial charge is 0.306 e. The van der Waals surface area contributed by atoms with Crippen molar-refractivity contribution in [3.8, 4) is 5.69 Å². The number of thioether (sulfide) groups is 1. The molecule has 0 aliphatic heterocycles. The van der Waals surface area contributed by atoms with Crippen LogP contribution in [0.25, 0.3) is 5.69 Å². The number of nitrogens with zero attached hydrogens (tertiary/aromatic N) is 5. The van der Waals surface area contributed by atoms with Gasteiger partial charge in [-0.1, -0.05) is 30.0 Å². The normalized spacial score (nSPS) is 10.6. The second kappa shape index (κ2) is 7.91. The molecule has 0 saturated carbocycles. The number of benzene rings is 2. The number of anilines is 1. The van der Waals surface area contributed by atoms with Crippen molar-refractivity contribution in [3.05, 3.63) is 64.0 Å². The number of tetrazole rings is 1. The Labute approximate surface area is 156 Å². The first-order chi connectivity index (χ1) is 13.0. The number of carbonyl (C=O) groups excluding carboxylic acids is 1. The van der Waals surface area contributed by atoms with E-state index in [1.165, 1.54) is 10.7 Å². The van der Waals surface area contributed by atoms with Crippen molar-refractivity contribution >= 4 is 29.0 Å². The minimum Gasteiger partial charge on any atom is -0.325 e. The van der Waals surface area contributed by atoms with Crippen LogP contribution >= 0.6 is 11.8 Å². The van der Waals surface area contributed by atoms with Gasteiger partial charge in [0.25, 0.3) is 0 Å². The molecule has 0 bridgehead atoms. The van der Waals surface area contributed by atoms with E-state index >= 15 is 0 Å². The minimum absolute atomic E-state index is 0.0303. The van der Waals surface area contributed by atoms with Crippen molar-refractivity contribution in [1.29, 1.82) is 0 Å². The van der Waals surface area contributed by atoms with Crippen molar-refractivity contribution in [2.75, 3.05) is 11.1 Å². The van der Waals surface area contributed by atoms with E-state index in [-0.39, 0.29) is 11.4 Å². The summed E-state index contributed by atoms with van der Waals surface area (Å²) in [5.74, 6) is -1.43. The van der Waals surface area contributed by atoms with Gasteiger partial charge in [0.1, 0.15) is 0 Å². The average molecular weight is 388 g/mol. The Bertz CT molecular complexity index is 1010. The third kappa shape index (κ3) is 4.26. The second-order valence-electron chi connectivity index (χ2n) is 5.42. The zero-order valence-electron chi connectivity index (χ0n) is 14.0. The molecule has 1 amide bonds. The molecule has 138 valence electrons. The van der Waals surface area contributed by atoms with Crippen LogP contribution in [0.15, 0.2) is 47.6 Å². The van der Waals surface area contributed by atoms with Gasteiger partial charge in [0.15, 0.2) is 0 Å². The molecule has 3 aromatic rings. The topological polar surface area (TPSA) is 116 Å². The Morgan fingerprint density at radius 1 is 1.33 bits per heavy atom. The first-order valence-electron chi connectivity index (χ1n) is 7.66. The Kier molecular flexibility index (Phi) is 5.41. The fraction of sp³-hybridized carbons (Fsp3) is 0.125. The first-order valence-corrected chi connectivity index (χ1v) is 8.65. The number of halogens is 1. The third-order valence-corrected chi connectivity index (χ3v) is 4.46. The van der Waals surface area contributed by atoms with E-state index in [2.05, 4.69) is 20.8 Å². The SMILES string of the molecule is Cc1ccccc1-n1nnnc1SCC(=O)Nc1ccc(F)c([N+](=O)[O-])c1. The van der Waals surface area contributed by atoms with E-state index in [4.69, 9.17) is 0 Å². The molecule has 27 heavy (non-hydrogen) atoms. The zero-order chi connectivity index (χ0) is 19.4. The summed E-state index contributed by atoms with van der Waals surface area (Å²) in [5, 5.41) is 25.2. The highest BCUT2D eigenvalue weighted by atomic mass is 32.2. The lowest BCUT2D eigenvalue weighted by Crippen LogP contribution is -2.15. The van der Waals surface area contributed by atoms with Gasteiger partial charge in [-0.05, 0) is 41.1 Å². The summed E-state index contributed by atoms with van der Waals surface area (Å²) in [5.41, 5.74) is 1.19. The van der Waals surface area contributed by atoms with E-state index in [1.54, 1.807) is 0 Å². The Morgan fingerprint density at radius 2 is 2.11 bits per heavy atom. The fourth-order valence-electron chi connectivity index (χ4n) is 2.28. The lowest BCUT2D eigenvalue weighted by atomic mass is 10.2. The minimum atomic E-state index is -0.968. The van der Waals surface area contributed by atoms with E-state index in [0.717, 1.165) is 35.1 Å². The molecule has 3 rings (SSSR count). The van der Waals surface area contributed by atoms with E-state index in [1.807, 2.05) is 31.2 Å². The van der Waals surface area contributed by atoms with Crippen molar-refractivity contribution < 1.29 is 14.1 Å². The van der Waals surface area contributed by atoms with Crippen LogP contribution in [0.4, 0.5) is 15.8 Å². The van der Waals surface area contributed by atoms with Gasteiger partial charge in [0.2, 0.25) is 16.9 Å². The molecule has 0 aliphatic rings. The summed E-state index contributed by atoms with van der Waals surface area (Å²) in [6.45, 7) is 1.92. The highest BCUT2D eigenvalue weighted by molar-refractivity contribution is 7.99. The molecule has 0 saturated heterocycles. The number of aromatic nitrogens is 4. The van der Waals surface area contributed by atoms with E-state index in [0.29, 0.717) is 5.16 Å². The molecule has 0 unspecified atom stereocenters. The van der Waals surface area contributed by atoms with Gasteiger partial charge in [-0.25, -0.2) is 0 Å². The molecule has 1 heterocycles. The zero-order valence-corrected chi connectivity index (χ0v) is 14.8. The molecule has 11 heteroatoms. The quantitative estimate of drug-likeness (QED) is 0.392. The standard InChI is InChI=1S/C16H13FN6O3S/c1-10-4-2-3-5-13(10)22-16(19-20-21-22)27-9-15(24)18-11-6-7-12(17)14(8-11)23(25)26/h2-8H,9H2,1H3,(H,18,24). The third-order valence-electron chi connectivity index (χ3n) is 3.54. The number of nitro benzene ring substituents is 1. The molecular weight excluding hydrogens is 375 g/mol. The van der Waals surface area contributed by atoms with E-state index in [9.17, 15) is 19.3 Å². The van der Waals surface area contributed by atoms with Gasteiger partial charge >= 0.3 is 5.69 Å². The Hall–Kier alpha value is -3.34. The summed E-state index contributed by atoms with van der Waals surface area (Å²) in [6.07, 6.45) is 0. The van der Waals surface area contributed by atoms with Crippen LogP contribution in [-0.4, -0.2) is 36.8 Å². The number of rotatable bonds is 6. The first kappa shape index (κ1) is 18.5. The summed E-state index contributed by atoms with van der Waals surface area (Å²) in [4.78, 5) is 22.0. The van der Waals surface area contributed by atoms with E-state index < -0.39 is 22.3 Å². The molecule has 0 radical (unpaired) electrons. The van der Waals surface area contributed by atoms with Crippen molar-refractivity contribution in [2.45, 2.75) is 12.1 Å². The summed E-state index contributed by atoms with van der Waals surface area (Å²) in [7, 11) is 0. The molecular formula is C16H13FN6O3S. The highest BCUT2D eigenvalue weighted by Crippen LogP contribution is 2.23. The van der Waals surface area contributed by atoms with Crippen molar-refractivity contribution in [2.24, 2.45) is 0 Å². The average Bonchev–Trinajstić information content (AvgIpc) is 3.10. The van der Waals surface area contributed by atoms with Crippen LogP contribution in [0.3, 0.4) is 0 Å². The molecule has 0 fully saturated rings. The Balaban J connectivity index is 1.68. The van der Waals surface area contributed by atoms with Crippen LogP contribution in [-0.2, 0) is 4.79 Å². The number of para-hydroxylation sites is 1. The molecule has 9 nitrogen and oxygen atoms in total. The Morgan fingerprint density at radius 3 is 2.85 bits per heavy atom. The lowest BCUT2D eigenvalue weighted by Gasteiger charge is -2.07. The summed E-state index contributed by atoms with van der Waals surface area (Å²) in [6, 6.07) is 10.7. The van der Waals surface area contributed by atoms with Gasteiger partial charge < -0.3 is 5.32 Å². The fourth-order valence-corrected chi connectivity index (χ4v) is 2.96. The van der Waals surface area contributed by atoms with Gasteiger partial charge in [0.05, 0.1) is 16.4 Å². The predicted molar refractivity (Wildman–Crippen MR) is 96.3 cm³/mol. The lowest BCUT2D eigenvalue weighted by molar-refractivity contribution is -0.387. The number of hydrogen-bond acceptors (Lipinski definition) is 7. The number of aryl methyl sites for hydroxylation is 1. The van der Waals surface area contributed by atoms with Crippen LogP contribution < -0.4 is 5.32 Å². The van der Waals surface area contributed by atoms with Crippen molar-refractivity contribution in [1.82, 2.24) is 20.2 Å². The molecule has 0 atom stereocenters. The molecule has 0 spiro atoms. The predicted octanol–water partition coefficient (Wildman–Crippen LogP) is 2.75. The summed E-state index contributed by atoms with van der Waals surface area (Å²) < 4.78 is 14.9. The maximum atomic E-state index is 13.3. The van der Waals surface area contributed by atoms with Crippen LogP contribution in [0.5, 0.6) is 0 Å². The second-order valence-corrected chi connectivity index (χ2v) is 6.36. The maximum absolute atomic E-state index is 13.3. The van der Waals surface area contributed by atoms with Crippen LogP contribution in [0, 0.1) is 22.9 Å². The molecule has 1 N–H and O–H groups in total. The largest absolute Gasteiger partial charge is 0.325 e. The maximum Gasteiger partial charge on any atom is 0.306 e. The van der Waals surface area contributed by atoms with Gasteiger partial charge in [-0.2, -0.15) is 9.07 Å². The van der Waals surface area contributed by atoms with Crippen molar-refractivity contribution in [3.63, 3.8) is 0 Å². The van der Waals surface area contributed by atoms with Gasteiger partial charge in [0, 0.05) is 11.8 Å². The van der Waals surface area contributed by atoms with Gasteiger partial charge in [-0.15, -0.1) is 5.10 Å². The number of hydrogen-bond donors (Lipinski definition) is 1. The summed E-state index contributed by atoms with van der Waals surface area (Å²) >= 11 is 1.11. The number of nitro groups is 1. The highest BCUT2D eigenvalue weighted by Gasteiger charge is 2.16. The monoisotopic (exact) mass is 388 g/mol. The number of amides is 1. The molecule has 0 aliphatic carbocycles. The number of nitrogens with one attached hydrogen (secondary N) is 1. The molecule has 1 aromatic heterocycles. The van der Waals surface area contributed by atoms with Gasteiger partial charge in [-0.3, -0.25) is 14.9 Å². The van der Waals surface area contributed by atoms with Crippen LogP contribution in [0.1, 0.15) is 5.56 Å². The van der Waals surface area contributed by atoms with Crippen LogP contribution in [0.2, 0.25) is 0 Å². The number of carbonyl (C=O) groups is 1. The molecule has 2 aromatic carbocycles.